The van der Waals surface area contributed by atoms with Gasteiger partial charge in [-0.2, -0.15) is 0 Å². The third-order valence-electron chi connectivity index (χ3n) is 10.4. The molecule has 2 aromatic heterocycles. The molecule has 300 valence electrons. The fourth-order valence-electron chi connectivity index (χ4n) is 7.13. The predicted octanol–water partition coefficient (Wildman–Crippen LogP) is 6.04. The molecule has 15 heteroatoms. The molecule has 1 amide bonds. The Kier molecular flexibility index (Phi) is 15.6. The molecule has 0 radical (unpaired) electrons. The van der Waals surface area contributed by atoms with E-state index in [9.17, 15) is 9.90 Å². The van der Waals surface area contributed by atoms with Crippen molar-refractivity contribution in [2.24, 2.45) is 0 Å². The molecule has 2 fully saturated rings. The summed E-state index contributed by atoms with van der Waals surface area (Å²) >= 11 is 20.5. The minimum absolute atomic E-state index is 0.0474. The number of anilines is 1. The highest BCUT2D eigenvalue weighted by Gasteiger charge is 2.22. The third-order valence-corrected chi connectivity index (χ3v) is 11.5. The van der Waals surface area contributed by atoms with Crippen LogP contribution in [0, 0.1) is 0 Å². The lowest BCUT2D eigenvalue weighted by atomic mass is 10.0. The highest BCUT2D eigenvalue weighted by atomic mass is 35.5. The molecule has 2 aromatic carbocycles. The van der Waals surface area contributed by atoms with E-state index in [0.29, 0.717) is 80.9 Å². The molecule has 4 heterocycles. The number of carbonyl (C=O) groups is 1. The van der Waals surface area contributed by atoms with Crippen molar-refractivity contribution < 1.29 is 24.5 Å². The van der Waals surface area contributed by atoms with Gasteiger partial charge in [-0.05, 0) is 81.7 Å². The van der Waals surface area contributed by atoms with Crippen LogP contribution in [0.1, 0.15) is 53.0 Å². The second-order valence-corrected chi connectivity index (χ2v) is 15.3. The number of benzene rings is 2. The summed E-state index contributed by atoms with van der Waals surface area (Å²) in [6, 6.07) is 17.0. The number of pyridine rings is 2. The smallest absolute Gasteiger partial charge is 0.274 e. The largest absolute Gasteiger partial charge is 0.486 e. The normalized spacial score (nSPS) is 15.9. The van der Waals surface area contributed by atoms with Gasteiger partial charge in [0, 0.05) is 61.1 Å². The lowest BCUT2D eigenvalue weighted by molar-refractivity contribution is 0.102. The molecule has 2 aliphatic heterocycles. The number of methoxy groups -OCH3 is 1. The number of ether oxygens (including phenoxy) is 2. The average molecular weight is 827 g/mol. The number of amides is 1. The van der Waals surface area contributed by atoms with Crippen LogP contribution in [0.4, 0.5) is 5.69 Å². The van der Waals surface area contributed by atoms with Gasteiger partial charge in [-0.1, -0.05) is 65.1 Å². The summed E-state index contributed by atoms with van der Waals surface area (Å²) in [7, 11) is 1.58. The number of nitrogens with one attached hydrogen (secondary N) is 3. The zero-order chi connectivity index (χ0) is 39.4. The van der Waals surface area contributed by atoms with E-state index in [1.807, 2.05) is 30.3 Å². The van der Waals surface area contributed by atoms with Crippen molar-refractivity contribution in [1.82, 2.24) is 30.4 Å². The van der Waals surface area contributed by atoms with Gasteiger partial charge in [0.15, 0.2) is 0 Å². The number of nitrogens with zero attached hydrogens (tertiary/aromatic N) is 4. The molecule has 2 aliphatic rings. The molecule has 6 rings (SSSR count). The maximum atomic E-state index is 13.2. The topological polar surface area (TPSA) is 144 Å². The number of aromatic nitrogens is 2. The predicted molar refractivity (Wildman–Crippen MR) is 221 cm³/mol. The summed E-state index contributed by atoms with van der Waals surface area (Å²) in [5.41, 5.74) is 4.27. The number of halogens is 3. The zero-order valence-corrected chi connectivity index (χ0v) is 33.8. The Bertz CT molecular complexity index is 1910. The Morgan fingerprint density at radius 2 is 1.46 bits per heavy atom. The van der Waals surface area contributed by atoms with E-state index in [2.05, 4.69) is 35.7 Å². The zero-order valence-electron chi connectivity index (χ0n) is 31.6. The fraction of sp³-hybridized carbons (Fsp3) is 0.439. The number of aliphatic hydroxyl groups excluding tert-OH is 2. The van der Waals surface area contributed by atoms with Crippen molar-refractivity contribution in [3.05, 3.63) is 98.4 Å². The van der Waals surface area contributed by atoms with Crippen molar-refractivity contribution >= 4 is 46.4 Å². The molecule has 2 saturated heterocycles. The van der Waals surface area contributed by atoms with E-state index in [1.54, 1.807) is 37.6 Å². The Balaban J connectivity index is 1.05. The minimum atomic E-state index is -0.385. The molecular formula is C41H50Cl3N7O5. The van der Waals surface area contributed by atoms with Crippen LogP contribution in [0.15, 0.2) is 60.8 Å². The number of likely N-dealkylation sites (tertiary alicyclic amines) is 2. The van der Waals surface area contributed by atoms with E-state index >= 15 is 0 Å². The van der Waals surface area contributed by atoms with Crippen LogP contribution in [-0.4, -0.2) is 108 Å². The Hall–Kier alpha value is -3.56. The van der Waals surface area contributed by atoms with Gasteiger partial charge in [0.05, 0.1) is 41.1 Å². The summed E-state index contributed by atoms with van der Waals surface area (Å²) in [5, 5.41) is 29.6. The standard InChI is InChI=1S/C41H50Cl3N7O5/c1-55-41-28(25-46-30-12-16-51(17-13-30)19-21-53)22-33(42)36(49-41)26-56-37-7-3-5-32(39(37)44)31-4-2-6-34(38(31)43)48-40(54)35-9-8-27(24-47-35)23-45-29-10-14-50(15-11-29)18-20-52/h2-9,22,24,29-30,45-46,52-53H,10-21,23,25-26H2,1H3,(H,48,54). The first-order valence-corrected chi connectivity index (χ1v) is 20.2. The van der Waals surface area contributed by atoms with Crippen molar-refractivity contribution in [2.75, 3.05) is 64.9 Å². The highest BCUT2D eigenvalue weighted by Crippen LogP contribution is 2.41. The highest BCUT2D eigenvalue weighted by molar-refractivity contribution is 6.39. The molecule has 56 heavy (non-hydrogen) atoms. The summed E-state index contributed by atoms with van der Waals surface area (Å²) in [4.78, 5) is 26.9. The molecule has 0 unspecified atom stereocenters. The van der Waals surface area contributed by atoms with Crippen LogP contribution < -0.4 is 25.4 Å². The van der Waals surface area contributed by atoms with Gasteiger partial charge in [0.25, 0.3) is 5.91 Å². The monoisotopic (exact) mass is 825 g/mol. The average Bonchev–Trinajstić information content (AvgIpc) is 3.21. The van der Waals surface area contributed by atoms with Crippen LogP contribution in [0.3, 0.4) is 0 Å². The number of rotatable bonds is 17. The first-order valence-electron chi connectivity index (χ1n) is 19.1. The molecular weight excluding hydrogens is 777 g/mol. The SMILES string of the molecule is COc1nc(COc2cccc(-c3cccc(NC(=O)c4ccc(CNC5CCN(CCO)CC5)cn4)c3Cl)c2Cl)c(Cl)cc1CNC1CCN(CCO)CC1. The van der Waals surface area contributed by atoms with E-state index in [-0.39, 0.29) is 31.4 Å². The van der Waals surface area contributed by atoms with Crippen molar-refractivity contribution in [1.29, 1.82) is 0 Å². The van der Waals surface area contributed by atoms with Gasteiger partial charge in [-0.25, -0.2) is 4.98 Å². The second-order valence-electron chi connectivity index (χ2n) is 14.1. The van der Waals surface area contributed by atoms with E-state index in [4.69, 9.17) is 49.4 Å². The van der Waals surface area contributed by atoms with Crippen molar-refractivity contribution in [3.63, 3.8) is 0 Å². The first-order chi connectivity index (χ1) is 27.3. The molecule has 0 spiro atoms. The molecule has 0 bridgehead atoms. The van der Waals surface area contributed by atoms with E-state index in [0.717, 1.165) is 69.5 Å². The quantitative estimate of drug-likeness (QED) is 0.0851. The van der Waals surface area contributed by atoms with E-state index < -0.39 is 0 Å². The van der Waals surface area contributed by atoms with Crippen LogP contribution in [0.2, 0.25) is 15.1 Å². The summed E-state index contributed by atoms with van der Waals surface area (Å²) in [6.45, 7) is 6.90. The molecule has 0 atom stereocenters. The Morgan fingerprint density at radius 3 is 2.07 bits per heavy atom. The number of piperidine rings is 2. The van der Waals surface area contributed by atoms with Gasteiger partial charge < -0.3 is 45.4 Å². The van der Waals surface area contributed by atoms with Crippen molar-refractivity contribution in [3.8, 4) is 22.8 Å². The summed E-state index contributed by atoms with van der Waals surface area (Å²) in [5.74, 6) is 0.495. The van der Waals surface area contributed by atoms with Crippen molar-refractivity contribution in [2.45, 2.75) is 57.5 Å². The molecule has 12 nitrogen and oxygen atoms in total. The molecule has 0 saturated carbocycles. The van der Waals surface area contributed by atoms with Crippen LogP contribution in [0.25, 0.3) is 11.1 Å². The minimum Gasteiger partial charge on any atom is -0.486 e. The van der Waals surface area contributed by atoms with E-state index in [1.165, 1.54) is 0 Å². The lowest BCUT2D eigenvalue weighted by Gasteiger charge is -2.32. The second kappa shape index (κ2) is 20.7. The molecule has 5 N–H and O–H groups in total. The molecule has 4 aromatic rings. The van der Waals surface area contributed by atoms with Gasteiger partial charge in [0.1, 0.15) is 23.7 Å². The Labute approximate surface area is 343 Å². The van der Waals surface area contributed by atoms with Crippen LogP contribution >= 0.6 is 34.8 Å². The van der Waals surface area contributed by atoms with Crippen LogP contribution in [-0.2, 0) is 19.7 Å². The number of β-amino-alcohol motifs (C(OH)–C–C–N with tert-alkyl or cyclic N) is 2. The van der Waals surface area contributed by atoms with Gasteiger partial charge in [-0.15, -0.1) is 0 Å². The van der Waals surface area contributed by atoms with Crippen LogP contribution in [0.5, 0.6) is 11.6 Å². The third kappa shape index (κ3) is 11.1. The van der Waals surface area contributed by atoms with Gasteiger partial charge in [-0.3, -0.25) is 9.78 Å². The Morgan fingerprint density at radius 1 is 0.839 bits per heavy atom. The fourth-order valence-corrected chi connectivity index (χ4v) is 7.92. The molecule has 0 aliphatic carbocycles. The lowest BCUT2D eigenvalue weighted by Crippen LogP contribution is -2.43. The van der Waals surface area contributed by atoms with Gasteiger partial charge in [0.2, 0.25) is 5.88 Å². The number of hydrogen-bond acceptors (Lipinski definition) is 11. The van der Waals surface area contributed by atoms with Gasteiger partial charge >= 0.3 is 0 Å². The number of carbonyl (C=O) groups excluding carboxylic acids is 1. The number of hydrogen-bond donors (Lipinski definition) is 5. The number of aliphatic hydroxyl groups is 2. The summed E-state index contributed by atoms with van der Waals surface area (Å²) in [6.07, 6.45) is 5.76. The first kappa shape index (κ1) is 42.1. The maximum Gasteiger partial charge on any atom is 0.274 e. The summed E-state index contributed by atoms with van der Waals surface area (Å²) < 4.78 is 11.8. The maximum absolute atomic E-state index is 13.2.